The van der Waals surface area contributed by atoms with Crippen molar-refractivity contribution in [3.63, 3.8) is 0 Å². The molecule has 0 saturated heterocycles. The van der Waals surface area contributed by atoms with Gasteiger partial charge in [0, 0.05) is 0 Å². The summed E-state index contributed by atoms with van der Waals surface area (Å²) in [7, 11) is 0. The van der Waals surface area contributed by atoms with Crippen molar-refractivity contribution in [3.05, 3.63) is 62.3 Å². The molecule has 0 bridgehead atoms. The van der Waals surface area contributed by atoms with E-state index in [0.29, 0.717) is 45.2 Å². The highest BCUT2D eigenvalue weighted by molar-refractivity contribution is 5.92. The average molecular weight is 412 g/mol. The van der Waals surface area contributed by atoms with Crippen molar-refractivity contribution in [1.82, 2.24) is 0 Å². The average Bonchev–Trinajstić information content (AvgIpc) is 2.73. The van der Waals surface area contributed by atoms with Crippen molar-refractivity contribution in [2.75, 3.05) is 52.9 Å². The molecule has 0 saturated carbocycles. The molecule has 0 radical (unpaired) electrons. The van der Waals surface area contributed by atoms with Crippen LogP contribution in [-0.2, 0) is 38.0 Å². The zero-order valence-corrected chi connectivity index (χ0v) is 17.1. The molecule has 0 rings (SSSR count). The Balaban J connectivity index is 4.04. The Labute approximate surface area is 173 Å². The van der Waals surface area contributed by atoms with Gasteiger partial charge in [-0.05, 0) is 18.6 Å². The fourth-order valence-corrected chi connectivity index (χ4v) is 1.65. The Morgan fingerprint density at radius 2 is 1.41 bits per heavy atom. The van der Waals surface area contributed by atoms with Crippen LogP contribution in [0, 0.1) is 0 Å². The number of hydrogen-bond acceptors (Lipinski definition) is 8. The van der Waals surface area contributed by atoms with Crippen LogP contribution in [0.25, 0.3) is 0 Å². The van der Waals surface area contributed by atoms with Crippen LogP contribution >= 0.6 is 0 Å². The molecule has 0 aromatic carbocycles. The quantitative estimate of drug-likeness (QED) is 0.0574. The van der Waals surface area contributed by atoms with Crippen molar-refractivity contribution in [3.8, 4) is 0 Å². The minimum atomic E-state index is -0.687. The third-order valence-corrected chi connectivity index (χ3v) is 3.19. The van der Waals surface area contributed by atoms with Gasteiger partial charge in [-0.25, -0.2) is 4.79 Å². The molecule has 0 heterocycles. The van der Waals surface area contributed by atoms with Crippen molar-refractivity contribution in [1.29, 1.82) is 0 Å². The summed E-state index contributed by atoms with van der Waals surface area (Å²) >= 11 is 0. The Morgan fingerprint density at radius 3 is 1.97 bits per heavy atom. The first-order valence-corrected chi connectivity index (χ1v) is 9.10. The van der Waals surface area contributed by atoms with Gasteiger partial charge in [-0.15, -0.1) is 0 Å². The van der Waals surface area contributed by atoms with E-state index in [1.165, 1.54) is 24.9 Å². The molecule has 0 aromatic heterocycles. The van der Waals surface area contributed by atoms with Gasteiger partial charge in [-0.3, -0.25) is 0 Å². The lowest BCUT2D eigenvalue weighted by Gasteiger charge is -2.15. The zero-order chi connectivity index (χ0) is 21.7. The lowest BCUT2D eigenvalue weighted by atomic mass is 10.1. The van der Waals surface area contributed by atoms with Crippen LogP contribution in [0.5, 0.6) is 0 Å². The van der Waals surface area contributed by atoms with Gasteiger partial charge in [-0.2, -0.15) is 0 Å². The Hall–Kier alpha value is -2.55. The molecule has 0 aliphatic carbocycles. The van der Waals surface area contributed by atoms with Crippen LogP contribution < -0.4 is 0 Å². The van der Waals surface area contributed by atoms with Gasteiger partial charge in [0.2, 0.25) is 6.29 Å². The van der Waals surface area contributed by atoms with Crippen LogP contribution in [0.15, 0.2) is 62.3 Å². The smallest absolute Gasteiger partial charge is 0.337 e. The van der Waals surface area contributed by atoms with E-state index in [0.717, 1.165) is 0 Å². The maximum Gasteiger partial charge on any atom is 0.337 e. The first-order chi connectivity index (χ1) is 14.1. The highest BCUT2D eigenvalue weighted by atomic mass is 16.7. The van der Waals surface area contributed by atoms with E-state index in [1.807, 2.05) is 0 Å². The molecule has 0 fully saturated rings. The topological polar surface area (TPSA) is 81.7 Å². The summed E-state index contributed by atoms with van der Waals surface area (Å²) in [6.45, 7) is 18.6. The fourth-order valence-electron chi connectivity index (χ4n) is 1.65. The van der Waals surface area contributed by atoms with Gasteiger partial charge in [0.1, 0.15) is 19.8 Å². The summed E-state index contributed by atoms with van der Waals surface area (Å²) < 4.78 is 36.3. The number of esters is 1. The van der Waals surface area contributed by atoms with E-state index in [9.17, 15) is 4.79 Å². The molecule has 0 spiro atoms. The third-order valence-electron chi connectivity index (χ3n) is 3.19. The van der Waals surface area contributed by atoms with Gasteiger partial charge in [0.05, 0.1) is 57.4 Å². The summed E-state index contributed by atoms with van der Waals surface area (Å²) in [4.78, 5) is 12.0. The van der Waals surface area contributed by atoms with Crippen molar-refractivity contribution >= 4 is 5.97 Å². The second-order valence-corrected chi connectivity index (χ2v) is 5.33. The number of carbonyl (C=O) groups is 1. The first kappa shape index (κ1) is 26.4. The highest BCUT2D eigenvalue weighted by Gasteiger charge is 2.12. The largest absolute Gasteiger partial charge is 0.499 e. The van der Waals surface area contributed by atoms with Crippen molar-refractivity contribution < 1.29 is 38.0 Å². The third kappa shape index (κ3) is 15.1. The van der Waals surface area contributed by atoms with Crippen LogP contribution in [0.1, 0.15) is 6.92 Å². The van der Waals surface area contributed by atoms with E-state index >= 15 is 0 Å². The molecule has 0 aromatic rings. The molecule has 29 heavy (non-hydrogen) atoms. The molecule has 1 atom stereocenters. The Bertz CT molecular complexity index is 527. The van der Waals surface area contributed by atoms with Crippen molar-refractivity contribution in [2.45, 2.75) is 13.2 Å². The summed E-state index contributed by atoms with van der Waals surface area (Å²) in [5, 5.41) is 0. The second-order valence-electron chi connectivity index (χ2n) is 5.33. The number of ether oxygens (including phenoxy) is 7. The van der Waals surface area contributed by atoms with E-state index in [1.54, 1.807) is 6.92 Å². The highest BCUT2D eigenvalue weighted by Crippen LogP contribution is 2.10. The van der Waals surface area contributed by atoms with E-state index in [-0.39, 0.29) is 18.8 Å². The van der Waals surface area contributed by atoms with Gasteiger partial charge >= 0.3 is 5.97 Å². The Kier molecular flexibility index (Phi) is 17.1. The van der Waals surface area contributed by atoms with Gasteiger partial charge in [-0.1, -0.05) is 26.3 Å². The van der Waals surface area contributed by atoms with Crippen LogP contribution in [-0.4, -0.2) is 65.1 Å². The van der Waals surface area contributed by atoms with Gasteiger partial charge < -0.3 is 33.2 Å². The monoisotopic (exact) mass is 412 g/mol. The predicted molar refractivity (Wildman–Crippen MR) is 109 cm³/mol. The molecule has 164 valence electrons. The van der Waals surface area contributed by atoms with Gasteiger partial charge in [0.15, 0.2) is 0 Å². The van der Waals surface area contributed by atoms with Crippen LogP contribution in [0.2, 0.25) is 0 Å². The fraction of sp³-hybridized carbons (Fsp3) is 0.476. The second kappa shape index (κ2) is 18.8. The maximum atomic E-state index is 12.0. The van der Waals surface area contributed by atoms with E-state index in [4.69, 9.17) is 33.2 Å². The molecule has 8 nitrogen and oxygen atoms in total. The molecular weight excluding hydrogens is 380 g/mol. The normalized spacial score (nSPS) is 11.8. The summed E-state index contributed by atoms with van der Waals surface area (Å²) in [5.41, 5.74) is 0.678. The standard InChI is InChI=1S/C21H32O8/c1-6-20(27-15-13-25-11-9-23-7-2)29-17-18(4)19(5)21(22)28-16-14-26-12-10-24-8-3/h6-8,17,20H,1-3,5,9-16H2,4H3. The predicted octanol–water partition coefficient (Wildman–Crippen LogP) is 2.89. The minimum Gasteiger partial charge on any atom is -0.499 e. The summed E-state index contributed by atoms with van der Waals surface area (Å²) in [5.74, 6) is -0.556. The molecule has 0 N–H and O–H groups in total. The Morgan fingerprint density at radius 1 is 0.862 bits per heavy atom. The lowest BCUT2D eigenvalue weighted by molar-refractivity contribution is -0.140. The zero-order valence-electron chi connectivity index (χ0n) is 17.1. The number of hydrogen-bond donors (Lipinski definition) is 0. The molecule has 8 heteroatoms. The van der Waals surface area contributed by atoms with Crippen LogP contribution in [0.4, 0.5) is 0 Å². The first-order valence-electron chi connectivity index (χ1n) is 9.10. The maximum absolute atomic E-state index is 12.0. The van der Waals surface area contributed by atoms with Crippen molar-refractivity contribution in [2.24, 2.45) is 0 Å². The lowest BCUT2D eigenvalue weighted by Crippen LogP contribution is -2.17. The molecule has 1 unspecified atom stereocenters. The van der Waals surface area contributed by atoms with E-state index in [2.05, 4.69) is 26.3 Å². The summed E-state index contributed by atoms with van der Waals surface area (Å²) in [6.07, 6.45) is 4.86. The minimum absolute atomic E-state index is 0.107. The molecule has 0 amide bonds. The SMILES string of the molecule is C=COCCOCCOC(=O)C(=C)C(C)=COC(C=C)OCCOCCOC=C. The van der Waals surface area contributed by atoms with Crippen LogP contribution in [0.3, 0.4) is 0 Å². The molecular formula is C21H32O8. The molecule has 0 aliphatic heterocycles. The summed E-state index contributed by atoms with van der Waals surface area (Å²) in [6, 6.07) is 0. The van der Waals surface area contributed by atoms with Gasteiger partial charge in [0.25, 0.3) is 0 Å². The molecule has 0 aliphatic rings. The van der Waals surface area contributed by atoms with E-state index < -0.39 is 12.3 Å². The number of carbonyl (C=O) groups excluding carboxylic acids is 1. The number of rotatable bonds is 20.